The Bertz CT molecular complexity index is 1350. The maximum atomic E-state index is 12.1. The highest BCUT2D eigenvalue weighted by Crippen LogP contribution is 2.33. The molecule has 7 heteroatoms. The zero-order valence-corrected chi connectivity index (χ0v) is 20.5. The van der Waals surface area contributed by atoms with Crippen LogP contribution in [0.4, 0.5) is 5.69 Å². The molecule has 0 bridgehead atoms. The van der Waals surface area contributed by atoms with E-state index in [1.807, 2.05) is 50.3 Å². The molecule has 2 N–H and O–H groups in total. The summed E-state index contributed by atoms with van der Waals surface area (Å²) in [6.07, 6.45) is 9.26. The van der Waals surface area contributed by atoms with Gasteiger partial charge in [0, 0.05) is 37.1 Å². The number of aryl methyl sites for hydroxylation is 1. The number of aromatic nitrogens is 1. The third-order valence-electron chi connectivity index (χ3n) is 6.90. The van der Waals surface area contributed by atoms with E-state index in [2.05, 4.69) is 32.7 Å². The first-order valence-electron chi connectivity index (χ1n) is 12.3. The molecule has 1 saturated carbocycles. The number of hydrogen-bond donors (Lipinski definition) is 2. The fourth-order valence-corrected chi connectivity index (χ4v) is 5.11. The van der Waals surface area contributed by atoms with Crippen molar-refractivity contribution in [3.63, 3.8) is 0 Å². The van der Waals surface area contributed by atoms with E-state index in [1.165, 1.54) is 0 Å². The molecular formula is C28H31N5O2. The van der Waals surface area contributed by atoms with Crippen LogP contribution >= 0.6 is 0 Å². The first-order chi connectivity index (χ1) is 17.1. The third-order valence-corrected chi connectivity index (χ3v) is 6.90. The summed E-state index contributed by atoms with van der Waals surface area (Å²) in [5, 5.41) is 7.66. The van der Waals surface area contributed by atoms with Gasteiger partial charge in [0.15, 0.2) is 0 Å². The predicted octanol–water partition coefficient (Wildman–Crippen LogP) is 4.49. The van der Waals surface area contributed by atoms with Crippen molar-refractivity contribution < 1.29 is 9.53 Å². The number of anilines is 1. The van der Waals surface area contributed by atoms with Gasteiger partial charge in [-0.3, -0.25) is 14.7 Å². The van der Waals surface area contributed by atoms with Crippen LogP contribution in [-0.2, 0) is 9.53 Å². The first-order valence-corrected chi connectivity index (χ1v) is 12.3. The number of aliphatic imine (C=N–C) groups is 2. The summed E-state index contributed by atoms with van der Waals surface area (Å²) in [7, 11) is 1.76. The van der Waals surface area contributed by atoms with Gasteiger partial charge in [-0.25, -0.2) is 9.98 Å². The Morgan fingerprint density at radius 3 is 2.94 bits per heavy atom. The van der Waals surface area contributed by atoms with Crippen LogP contribution in [0.5, 0.6) is 0 Å². The molecule has 1 aromatic heterocycles. The molecule has 2 heterocycles. The standard InChI is InChI=1S/C28H31N5O2/c1-4-25(34)30-22-13-9-14-23-21(22)16-18(2)33(23)28-31-26-20(12-8-15-24(26)35-3)27(32-28)29-17-19-10-6-5-7-11-19/h6,9-11,13-14,16,20,24,27,29H,4,8,12,15,17H2,1-3H3,(H,30,34). The van der Waals surface area contributed by atoms with Crippen molar-refractivity contribution in [2.24, 2.45) is 15.9 Å². The molecule has 1 aliphatic heterocycles. The molecule has 1 aromatic carbocycles. The Labute approximate surface area is 205 Å². The second-order valence-electron chi connectivity index (χ2n) is 9.16. The molecule has 5 rings (SSSR count). The maximum absolute atomic E-state index is 12.1. The summed E-state index contributed by atoms with van der Waals surface area (Å²) < 4.78 is 7.94. The lowest BCUT2D eigenvalue weighted by atomic mass is 9.82. The molecule has 2 aromatic rings. The van der Waals surface area contributed by atoms with Gasteiger partial charge in [0.1, 0.15) is 6.17 Å². The number of nitrogens with one attached hydrogen (secondary N) is 2. The zero-order chi connectivity index (χ0) is 24.4. The maximum Gasteiger partial charge on any atom is 0.231 e. The molecule has 7 nitrogen and oxygen atoms in total. The Morgan fingerprint density at radius 2 is 2.17 bits per heavy atom. The van der Waals surface area contributed by atoms with Crippen LogP contribution in [0.2, 0.25) is 0 Å². The van der Waals surface area contributed by atoms with E-state index in [1.54, 1.807) is 7.11 Å². The monoisotopic (exact) mass is 469 g/mol. The Hall–Kier alpha value is -3.47. The summed E-state index contributed by atoms with van der Waals surface area (Å²) in [5.74, 6) is 0.835. The quantitative estimate of drug-likeness (QED) is 0.612. The summed E-state index contributed by atoms with van der Waals surface area (Å²) in [6, 6.07) is 8.03. The fraction of sp³-hybridized carbons (Fsp3) is 0.393. The predicted molar refractivity (Wildman–Crippen MR) is 140 cm³/mol. The topological polar surface area (TPSA) is 80.0 Å². The van der Waals surface area contributed by atoms with E-state index in [0.29, 0.717) is 18.9 Å². The van der Waals surface area contributed by atoms with Gasteiger partial charge in [-0.05, 0) is 68.2 Å². The van der Waals surface area contributed by atoms with Crippen LogP contribution in [0, 0.1) is 12.8 Å². The van der Waals surface area contributed by atoms with Crippen molar-refractivity contribution in [3.8, 4) is 0 Å². The minimum absolute atomic E-state index is 0.00819. The highest BCUT2D eigenvalue weighted by atomic mass is 16.5. The average molecular weight is 470 g/mol. The second-order valence-corrected chi connectivity index (χ2v) is 9.16. The second kappa shape index (κ2) is 10.0. The average Bonchev–Trinajstić information content (AvgIpc) is 3.24. The first kappa shape index (κ1) is 23.3. The number of carbonyl (C=O) groups is 1. The van der Waals surface area contributed by atoms with Crippen molar-refractivity contribution in [2.45, 2.75) is 51.8 Å². The number of ether oxygens (including phenoxy) is 1. The summed E-state index contributed by atoms with van der Waals surface area (Å²) >= 11 is 0. The van der Waals surface area contributed by atoms with Crippen LogP contribution < -0.4 is 10.6 Å². The van der Waals surface area contributed by atoms with E-state index in [0.717, 1.165) is 52.8 Å². The van der Waals surface area contributed by atoms with Crippen molar-refractivity contribution in [2.75, 3.05) is 19.0 Å². The lowest BCUT2D eigenvalue weighted by Crippen LogP contribution is -2.49. The summed E-state index contributed by atoms with van der Waals surface area (Å²) in [6.45, 7) is 4.59. The van der Waals surface area contributed by atoms with Gasteiger partial charge in [-0.15, -0.1) is 0 Å². The number of methoxy groups -OCH3 is 1. The molecule has 0 spiro atoms. The van der Waals surface area contributed by atoms with E-state index < -0.39 is 0 Å². The van der Waals surface area contributed by atoms with Gasteiger partial charge in [0.2, 0.25) is 11.9 Å². The number of carbonyl (C=O) groups excluding carboxylic acids is 1. The van der Waals surface area contributed by atoms with E-state index in [4.69, 9.17) is 14.7 Å². The van der Waals surface area contributed by atoms with Crippen LogP contribution in [0.25, 0.3) is 10.9 Å². The summed E-state index contributed by atoms with van der Waals surface area (Å²) in [4.78, 5) is 22.3. The van der Waals surface area contributed by atoms with Crippen LogP contribution in [-0.4, -0.2) is 48.1 Å². The number of benzene rings is 1. The third kappa shape index (κ3) is 4.60. The van der Waals surface area contributed by atoms with Crippen LogP contribution in [0.15, 0.2) is 69.5 Å². The molecule has 0 radical (unpaired) electrons. The van der Waals surface area contributed by atoms with Gasteiger partial charge < -0.3 is 10.1 Å². The molecule has 1 fully saturated rings. The lowest BCUT2D eigenvalue weighted by Gasteiger charge is -2.37. The SMILES string of the molecule is CCC(=O)Nc1cccc2c1cc(C)n2C1=NC(NCC2=CC=C=C=C2)C2CCCC(OC)C2=N1. The Balaban J connectivity index is 1.55. The largest absolute Gasteiger partial charge is 0.375 e. The highest BCUT2D eigenvalue weighted by Gasteiger charge is 2.38. The minimum Gasteiger partial charge on any atom is -0.375 e. The number of nitrogens with zero attached hydrogens (tertiary/aromatic N) is 3. The van der Waals surface area contributed by atoms with Gasteiger partial charge in [0.25, 0.3) is 0 Å². The molecule has 3 atom stereocenters. The molecule has 1 amide bonds. The smallest absolute Gasteiger partial charge is 0.231 e. The van der Waals surface area contributed by atoms with Gasteiger partial charge in [0.05, 0.1) is 23.0 Å². The Kier molecular flexibility index (Phi) is 6.67. The number of allylic oxidation sites excluding steroid dienone is 2. The van der Waals surface area contributed by atoms with Crippen LogP contribution in [0.1, 0.15) is 38.3 Å². The van der Waals surface area contributed by atoms with Crippen LogP contribution in [0.3, 0.4) is 0 Å². The summed E-state index contributed by atoms with van der Waals surface area (Å²) in [5.41, 5.74) is 11.0. The number of fused-ring (bicyclic) bond motifs is 2. The van der Waals surface area contributed by atoms with E-state index in [9.17, 15) is 4.79 Å². The molecule has 0 saturated heterocycles. The van der Waals surface area contributed by atoms with Gasteiger partial charge in [-0.1, -0.05) is 24.5 Å². The van der Waals surface area contributed by atoms with Gasteiger partial charge >= 0.3 is 0 Å². The molecule has 35 heavy (non-hydrogen) atoms. The highest BCUT2D eigenvalue weighted by molar-refractivity contribution is 6.09. The zero-order valence-electron chi connectivity index (χ0n) is 20.5. The molecule has 2 aliphatic carbocycles. The molecule has 3 aliphatic rings. The minimum atomic E-state index is -0.112. The molecule has 3 unspecified atom stereocenters. The normalized spacial score (nSPS) is 23.1. The Morgan fingerprint density at radius 1 is 1.29 bits per heavy atom. The fourth-order valence-electron chi connectivity index (χ4n) is 5.11. The van der Waals surface area contributed by atoms with Gasteiger partial charge in [-0.2, -0.15) is 0 Å². The van der Waals surface area contributed by atoms with Crippen molar-refractivity contribution in [3.05, 3.63) is 65.2 Å². The van der Waals surface area contributed by atoms with Crippen molar-refractivity contribution in [1.82, 2.24) is 9.88 Å². The molecular weight excluding hydrogens is 438 g/mol. The van der Waals surface area contributed by atoms with E-state index in [-0.39, 0.29) is 24.1 Å². The number of amides is 1. The number of rotatable bonds is 6. The number of hydrogen-bond acceptors (Lipinski definition) is 5. The molecule has 180 valence electrons. The van der Waals surface area contributed by atoms with Crippen molar-refractivity contribution in [1.29, 1.82) is 0 Å². The van der Waals surface area contributed by atoms with Crippen molar-refractivity contribution >= 4 is 34.2 Å². The van der Waals surface area contributed by atoms with E-state index >= 15 is 0 Å². The lowest BCUT2D eigenvalue weighted by molar-refractivity contribution is -0.115.